The van der Waals surface area contributed by atoms with Crippen molar-refractivity contribution in [3.05, 3.63) is 101 Å². The molecular weight excluding hydrogens is 448 g/mol. The molecule has 0 unspecified atom stereocenters. The number of pyridine rings is 1. The fraction of sp³-hybridized carbons (Fsp3) is 0. The van der Waals surface area contributed by atoms with Crippen LogP contribution >= 0.6 is 11.6 Å². The van der Waals surface area contributed by atoms with Gasteiger partial charge in [-0.3, -0.25) is 9.71 Å². The predicted molar refractivity (Wildman–Crippen MR) is 123 cm³/mol. The van der Waals surface area contributed by atoms with Gasteiger partial charge in [-0.15, -0.1) is 0 Å². The number of para-hydroxylation sites is 2. The molecule has 4 aromatic rings. The van der Waals surface area contributed by atoms with Gasteiger partial charge in [0.15, 0.2) is 0 Å². The number of aromatic nitrogens is 1. The smallest absolute Gasteiger partial charge is 0.335 e. The second-order valence-corrected chi connectivity index (χ2v) is 8.85. The van der Waals surface area contributed by atoms with Crippen molar-refractivity contribution in [2.24, 2.45) is 0 Å². The first-order chi connectivity index (χ1) is 15.3. The highest BCUT2D eigenvalue weighted by Gasteiger charge is 2.19. The SMILES string of the molecule is O=C(O)c1ccc(C#Cc2ccccc2NS(=O)(=O)c2cccc3cc(Cl)cnc23)cc1. The number of benzene rings is 3. The number of carboxylic acids is 1. The molecule has 0 radical (unpaired) electrons. The Morgan fingerprint density at radius 1 is 0.969 bits per heavy atom. The first-order valence-corrected chi connectivity index (χ1v) is 11.2. The quantitative estimate of drug-likeness (QED) is 0.425. The monoisotopic (exact) mass is 462 g/mol. The first kappa shape index (κ1) is 21.4. The van der Waals surface area contributed by atoms with Crippen LogP contribution in [0.2, 0.25) is 5.02 Å². The summed E-state index contributed by atoms with van der Waals surface area (Å²) in [7, 11) is -3.96. The van der Waals surface area contributed by atoms with Crippen LogP contribution in [0.1, 0.15) is 21.5 Å². The van der Waals surface area contributed by atoms with Gasteiger partial charge < -0.3 is 5.11 Å². The molecule has 0 atom stereocenters. The topological polar surface area (TPSA) is 96.4 Å². The van der Waals surface area contributed by atoms with Crippen molar-refractivity contribution in [3.63, 3.8) is 0 Å². The van der Waals surface area contributed by atoms with Gasteiger partial charge >= 0.3 is 5.97 Å². The molecule has 1 aromatic heterocycles. The van der Waals surface area contributed by atoms with E-state index < -0.39 is 16.0 Å². The third kappa shape index (κ3) is 4.57. The Morgan fingerprint density at radius 3 is 2.47 bits per heavy atom. The first-order valence-electron chi connectivity index (χ1n) is 9.35. The molecule has 0 amide bonds. The van der Waals surface area contributed by atoms with Crippen LogP contribution in [-0.2, 0) is 10.0 Å². The molecule has 3 aromatic carbocycles. The molecule has 0 spiro atoms. The summed E-state index contributed by atoms with van der Waals surface area (Å²) in [6.07, 6.45) is 1.40. The third-order valence-corrected chi connectivity index (χ3v) is 6.18. The van der Waals surface area contributed by atoms with Gasteiger partial charge in [0, 0.05) is 22.7 Å². The van der Waals surface area contributed by atoms with Crippen LogP contribution in [0.25, 0.3) is 10.9 Å². The molecule has 158 valence electrons. The molecule has 8 heteroatoms. The number of halogens is 1. The van der Waals surface area contributed by atoms with Gasteiger partial charge in [-0.05, 0) is 48.5 Å². The summed E-state index contributed by atoms with van der Waals surface area (Å²) in [4.78, 5) is 15.2. The maximum atomic E-state index is 13.1. The molecule has 0 fully saturated rings. The number of carbonyl (C=O) groups is 1. The van der Waals surface area contributed by atoms with E-state index in [4.69, 9.17) is 16.7 Å². The number of fused-ring (bicyclic) bond motifs is 1. The molecule has 0 aliphatic carbocycles. The molecule has 1 heterocycles. The fourth-order valence-corrected chi connectivity index (χ4v) is 4.47. The number of aromatic carboxylic acids is 1. The lowest BCUT2D eigenvalue weighted by Gasteiger charge is -2.11. The molecule has 0 saturated carbocycles. The number of carboxylic acid groups (broad SMARTS) is 1. The van der Waals surface area contributed by atoms with Crippen LogP contribution in [0.3, 0.4) is 0 Å². The lowest BCUT2D eigenvalue weighted by atomic mass is 10.1. The highest BCUT2D eigenvalue weighted by atomic mass is 35.5. The molecule has 2 N–H and O–H groups in total. The maximum Gasteiger partial charge on any atom is 0.335 e. The highest BCUT2D eigenvalue weighted by Crippen LogP contribution is 2.26. The number of sulfonamides is 1. The van der Waals surface area contributed by atoms with E-state index in [9.17, 15) is 13.2 Å². The Balaban J connectivity index is 1.68. The van der Waals surface area contributed by atoms with Crippen molar-refractivity contribution in [1.82, 2.24) is 4.98 Å². The van der Waals surface area contributed by atoms with Gasteiger partial charge in [0.05, 0.1) is 21.8 Å². The minimum absolute atomic E-state index is 0.0266. The summed E-state index contributed by atoms with van der Waals surface area (Å²) in [5, 5.41) is 10.0. The minimum atomic E-state index is -3.96. The number of nitrogens with one attached hydrogen (secondary N) is 1. The van der Waals surface area contributed by atoms with Gasteiger partial charge in [0.25, 0.3) is 10.0 Å². The number of nitrogens with zero attached hydrogens (tertiary/aromatic N) is 1. The molecule has 6 nitrogen and oxygen atoms in total. The van der Waals surface area contributed by atoms with Crippen LogP contribution in [0.15, 0.2) is 83.9 Å². The summed E-state index contributed by atoms with van der Waals surface area (Å²) in [6.45, 7) is 0. The summed E-state index contributed by atoms with van der Waals surface area (Å²) < 4.78 is 28.9. The van der Waals surface area contributed by atoms with E-state index in [1.807, 2.05) is 0 Å². The summed E-state index contributed by atoms with van der Waals surface area (Å²) in [6, 6.07) is 19.4. The Morgan fingerprint density at radius 2 is 1.72 bits per heavy atom. The van der Waals surface area contributed by atoms with Crippen molar-refractivity contribution in [3.8, 4) is 11.8 Å². The van der Waals surface area contributed by atoms with E-state index in [1.54, 1.807) is 54.6 Å². The van der Waals surface area contributed by atoms with E-state index in [0.717, 1.165) is 0 Å². The van der Waals surface area contributed by atoms with Gasteiger partial charge in [-0.2, -0.15) is 0 Å². The average Bonchev–Trinajstić information content (AvgIpc) is 2.78. The number of hydrogen-bond donors (Lipinski definition) is 2. The van der Waals surface area contributed by atoms with Gasteiger partial charge in [0.1, 0.15) is 4.90 Å². The maximum absolute atomic E-state index is 13.1. The van der Waals surface area contributed by atoms with Crippen LogP contribution in [0.5, 0.6) is 0 Å². The Bertz CT molecular complexity index is 1500. The van der Waals surface area contributed by atoms with Crippen molar-refractivity contribution in [2.45, 2.75) is 4.90 Å². The van der Waals surface area contributed by atoms with Crippen molar-refractivity contribution < 1.29 is 18.3 Å². The van der Waals surface area contributed by atoms with Crippen molar-refractivity contribution >= 4 is 44.2 Å². The third-order valence-electron chi connectivity index (χ3n) is 4.57. The van der Waals surface area contributed by atoms with Crippen LogP contribution in [-0.4, -0.2) is 24.5 Å². The Labute approximate surface area is 189 Å². The zero-order valence-corrected chi connectivity index (χ0v) is 18.0. The van der Waals surface area contributed by atoms with Crippen molar-refractivity contribution in [1.29, 1.82) is 0 Å². The summed E-state index contributed by atoms with van der Waals surface area (Å²) in [5.74, 6) is 4.84. The van der Waals surface area contributed by atoms with Gasteiger partial charge in [-0.1, -0.05) is 47.7 Å². The molecule has 0 aliphatic heterocycles. The van der Waals surface area contributed by atoms with Crippen LogP contribution < -0.4 is 4.72 Å². The summed E-state index contributed by atoms with van der Waals surface area (Å²) in [5.41, 5.74) is 1.85. The predicted octanol–water partition coefficient (Wildman–Crippen LogP) is 4.79. The molecular formula is C24H15ClN2O4S. The Kier molecular flexibility index (Phi) is 5.82. The lowest BCUT2D eigenvalue weighted by Crippen LogP contribution is -2.14. The van der Waals surface area contributed by atoms with E-state index >= 15 is 0 Å². The second kappa shape index (κ2) is 8.71. The van der Waals surface area contributed by atoms with Crippen LogP contribution in [0, 0.1) is 11.8 Å². The van der Waals surface area contributed by atoms with E-state index in [-0.39, 0.29) is 10.5 Å². The molecule has 0 saturated heterocycles. The largest absolute Gasteiger partial charge is 0.478 e. The minimum Gasteiger partial charge on any atom is -0.478 e. The highest BCUT2D eigenvalue weighted by molar-refractivity contribution is 7.93. The lowest BCUT2D eigenvalue weighted by molar-refractivity contribution is 0.0697. The van der Waals surface area contributed by atoms with Crippen molar-refractivity contribution in [2.75, 3.05) is 4.72 Å². The molecule has 4 rings (SSSR count). The number of rotatable bonds is 4. The Hall–Kier alpha value is -3.86. The molecule has 0 aliphatic rings. The zero-order valence-electron chi connectivity index (χ0n) is 16.4. The van der Waals surface area contributed by atoms with E-state index in [1.165, 1.54) is 24.4 Å². The second-order valence-electron chi connectivity index (χ2n) is 6.76. The number of anilines is 1. The summed E-state index contributed by atoms with van der Waals surface area (Å²) >= 11 is 5.97. The fourth-order valence-electron chi connectivity index (χ4n) is 3.04. The van der Waals surface area contributed by atoms with E-state index in [2.05, 4.69) is 21.5 Å². The number of hydrogen-bond acceptors (Lipinski definition) is 4. The molecule has 32 heavy (non-hydrogen) atoms. The van der Waals surface area contributed by atoms with Crippen LogP contribution in [0.4, 0.5) is 5.69 Å². The van der Waals surface area contributed by atoms with Gasteiger partial charge in [-0.25, -0.2) is 13.2 Å². The van der Waals surface area contributed by atoms with E-state index in [0.29, 0.717) is 32.7 Å². The zero-order chi connectivity index (χ0) is 22.7. The standard InChI is InChI=1S/C24H15ClN2O4S/c25-20-14-19-5-3-7-22(23(19)26-15-20)32(30,31)27-21-6-2-1-4-17(21)11-8-16-9-12-18(13-10-16)24(28)29/h1-7,9-10,12-15,27H,(H,28,29). The average molecular weight is 463 g/mol. The normalized spacial score (nSPS) is 10.9. The van der Waals surface area contributed by atoms with Gasteiger partial charge in [0.2, 0.25) is 0 Å². The molecule has 0 bridgehead atoms.